The molecule has 0 saturated carbocycles. The number of amides is 2. The van der Waals surface area contributed by atoms with Crippen LogP contribution in [0.1, 0.15) is 18.9 Å². The lowest BCUT2D eigenvalue weighted by Crippen LogP contribution is -2.32. The molecule has 0 spiro atoms. The number of hydrazone groups is 1. The molecule has 2 rings (SSSR count). The lowest BCUT2D eigenvalue weighted by molar-refractivity contribution is -0.385. The van der Waals surface area contributed by atoms with Crippen LogP contribution in [0, 0.1) is 10.1 Å². The maximum atomic E-state index is 11.8. The fourth-order valence-corrected chi connectivity index (χ4v) is 2.03. The van der Waals surface area contributed by atoms with Crippen LogP contribution in [0.3, 0.4) is 0 Å². The van der Waals surface area contributed by atoms with Crippen molar-refractivity contribution in [1.82, 2.24) is 5.43 Å². The van der Waals surface area contributed by atoms with Gasteiger partial charge in [-0.1, -0.05) is 6.92 Å². The highest BCUT2D eigenvalue weighted by atomic mass is 16.6. The Morgan fingerprint density at radius 2 is 1.93 bits per heavy atom. The Labute approximate surface area is 160 Å². The molecule has 0 saturated heterocycles. The van der Waals surface area contributed by atoms with Crippen LogP contribution in [0.5, 0.6) is 11.5 Å². The number of aromatic hydroxyl groups is 1. The number of nitro benzene ring substituents is 1. The van der Waals surface area contributed by atoms with Gasteiger partial charge in [-0.15, -0.1) is 0 Å². The van der Waals surface area contributed by atoms with Gasteiger partial charge in [0, 0.05) is 17.3 Å². The van der Waals surface area contributed by atoms with Crippen molar-refractivity contribution in [2.24, 2.45) is 5.10 Å². The SMILES string of the molecule is CCCOc1ccc(NC(=O)C(=O)N/N=C\c2ccc(O)c([N+](=O)[O-])c2)cc1. The first-order valence-corrected chi connectivity index (χ1v) is 8.25. The Kier molecular flexibility index (Phi) is 7.03. The highest BCUT2D eigenvalue weighted by molar-refractivity contribution is 6.39. The molecule has 0 bridgehead atoms. The van der Waals surface area contributed by atoms with E-state index < -0.39 is 28.2 Å². The number of phenols is 1. The van der Waals surface area contributed by atoms with E-state index in [0.717, 1.165) is 24.8 Å². The zero-order valence-electron chi connectivity index (χ0n) is 14.9. The van der Waals surface area contributed by atoms with Gasteiger partial charge in [0.2, 0.25) is 0 Å². The number of rotatable bonds is 7. The second-order valence-corrected chi connectivity index (χ2v) is 5.53. The molecule has 0 aliphatic heterocycles. The summed E-state index contributed by atoms with van der Waals surface area (Å²) in [5.74, 6) is -1.79. The summed E-state index contributed by atoms with van der Waals surface area (Å²) in [6, 6.07) is 10.1. The van der Waals surface area contributed by atoms with E-state index >= 15 is 0 Å². The number of anilines is 1. The van der Waals surface area contributed by atoms with E-state index in [1.165, 1.54) is 6.07 Å². The van der Waals surface area contributed by atoms with Crippen molar-refractivity contribution in [3.8, 4) is 11.5 Å². The number of phenolic OH excluding ortho intramolecular Hbond substituents is 1. The molecule has 2 amide bonds. The van der Waals surface area contributed by atoms with Crippen LogP contribution in [0.15, 0.2) is 47.6 Å². The molecule has 2 aromatic carbocycles. The summed E-state index contributed by atoms with van der Waals surface area (Å²) in [6.07, 6.45) is 1.98. The lowest BCUT2D eigenvalue weighted by atomic mass is 10.2. The standard InChI is InChI=1S/C18H18N4O6/c1-2-9-28-14-6-4-13(5-7-14)20-17(24)18(25)21-19-11-12-3-8-16(23)15(10-12)22(26)27/h3-8,10-11,23H,2,9H2,1H3,(H,20,24)(H,21,25)/b19-11-. The van der Waals surface area contributed by atoms with E-state index in [0.29, 0.717) is 18.0 Å². The molecule has 10 nitrogen and oxygen atoms in total. The van der Waals surface area contributed by atoms with Crippen LogP contribution >= 0.6 is 0 Å². The lowest BCUT2D eigenvalue weighted by Gasteiger charge is -2.07. The van der Waals surface area contributed by atoms with Crippen molar-refractivity contribution in [1.29, 1.82) is 0 Å². The van der Waals surface area contributed by atoms with Crippen molar-refractivity contribution in [3.63, 3.8) is 0 Å². The van der Waals surface area contributed by atoms with Crippen LogP contribution in [-0.2, 0) is 9.59 Å². The first-order chi connectivity index (χ1) is 13.4. The summed E-state index contributed by atoms with van der Waals surface area (Å²) in [4.78, 5) is 33.6. The van der Waals surface area contributed by atoms with Crippen molar-refractivity contribution in [2.75, 3.05) is 11.9 Å². The zero-order chi connectivity index (χ0) is 20.5. The predicted octanol–water partition coefficient (Wildman–Crippen LogP) is 2.18. The quantitative estimate of drug-likeness (QED) is 0.288. The van der Waals surface area contributed by atoms with Crippen LogP contribution < -0.4 is 15.5 Å². The second kappa shape index (κ2) is 9.67. The van der Waals surface area contributed by atoms with Crippen LogP contribution in [-0.4, -0.2) is 34.7 Å². The maximum absolute atomic E-state index is 11.8. The van der Waals surface area contributed by atoms with Crippen LogP contribution in [0.4, 0.5) is 11.4 Å². The molecule has 2 aromatic rings. The van der Waals surface area contributed by atoms with Gasteiger partial charge in [-0.25, -0.2) is 5.43 Å². The largest absolute Gasteiger partial charge is 0.502 e. The molecular weight excluding hydrogens is 368 g/mol. The monoisotopic (exact) mass is 386 g/mol. The first-order valence-electron chi connectivity index (χ1n) is 8.25. The molecule has 146 valence electrons. The van der Waals surface area contributed by atoms with E-state index in [9.17, 15) is 24.8 Å². The number of nitro groups is 1. The Hall–Kier alpha value is -3.95. The molecule has 0 unspecified atom stereocenters. The number of hydrogen-bond donors (Lipinski definition) is 3. The van der Waals surface area contributed by atoms with Gasteiger partial charge in [-0.05, 0) is 42.8 Å². The highest BCUT2D eigenvalue weighted by Crippen LogP contribution is 2.25. The summed E-state index contributed by atoms with van der Waals surface area (Å²) >= 11 is 0. The maximum Gasteiger partial charge on any atom is 0.329 e. The van der Waals surface area contributed by atoms with Gasteiger partial charge in [0.1, 0.15) is 5.75 Å². The number of carbonyl (C=O) groups excluding carboxylic acids is 2. The summed E-state index contributed by atoms with van der Waals surface area (Å²) in [6.45, 7) is 2.56. The number of nitrogens with zero attached hydrogens (tertiary/aromatic N) is 2. The zero-order valence-corrected chi connectivity index (χ0v) is 14.9. The third-order valence-corrected chi connectivity index (χ3v) is 3.37. The summed E-state index contributed by atoms with van der Waals surface area (Å²) in [5, 5.41) is 26.1. The van der Waals surface area contributed by atoms with Gasteiger partial charge in [0.25, 0.3) is 0 Å². The van der Waals surface area contributed by atoms with E-state index in [4.69, 9.17) is 4.74 Å². The molecule has 0 aliphatic rings. The Morgan fingerprint density at radius 3 is 2.57 bits per heavy atom. The summed E-state index contributed by atoms with van der Waals surface area (Å²) in [7, 11) is 0. The molecule has 3 N–H and O–H groups in total. The van der Waals surface area contributed by atoms with Crippen molar-refractivity contribution in [3.05, 3.63) is 58.1 Å². The topological polar surface area (TPSA) is 143 Å². The average Bonchev–Trinajstić information content (AvgIpc) is 2.68. The van der Waals surface area contributed by atoms with Crippen LogP contribution in [0.2, 0.25) is 0 Å². The highest BCUT2D eigenvalue weighted by Gasteiger charge is 2.14. The third-order valence-electron chi connectivity index (χ3n) is 3.37. The number of hydrogen-bond acceptors (Lipinski definition) is 7. The second-order valence-electron chi connectivity index (χ2n) is 5.53. The molecule has 0 radical (unpaired) electrons. The molecule has 0 fully saturated rings. The van der Waals surface area contributed by atoms with E-state index in [2.05, 4.69) is 10.4 Å². The fourth-order valence-electron chi connectivity index (χ4n) is 2.03. The molecular formula is C18H18N4O6. The van der Waals surface area contributed by atoms with Crippen molar-refractivity contribution >= 4 is 29.4 Å². The van der Waals surface area contributed by atoms with Gasteiger partial charge < -0.3 is 15.2 Å². The third kappa shape index (κ3) is 5.80. The Bertz CT molecular complexity index is 895. The first kappa shape index (κ1) is 20.4. The Balaban J connectivity index is 1.90. The van der Waals surface area contributed by atoms with Gasteiger partial charge in [0.15, 0.2) is 5.75 Å². The summed E-state index contributed by atoms with van der Waals surface area (Å²) in [5.41, 5.74) is 2.18. The minimum atomic E-state index is -1.02. The van der Waals surface area contributed by atoms with Gasteiger partial charge in [-0.2, -0.15) is 5.10 Å². The molecule has 0 aromatic heterocycles. The Morgan fingerprint density at radius 1 is 1.21 bits per heavy atom. The molecule has 0 atom stereocenters. The average molecular weight is 386 g/mol. The number of benzene rings is 2. The van der Waals surface area contributed by atoms with Crippen molar-refractivity contribution in [2.45, 2.75) is 13.3 Å². The van der Waals surface area contributed by atoms with Gasteiger partial charge in [-0.3, -0.25) is 19.7 Å². The molecule has 28 heavy (non-hydrogen) atoms. The predicted molar refractivity (Wildman–Crippen MR) is 101 cm³/mol. The number of nitrogens with one attached hydrogen (secondary N) is 2. The molecule has 0 heterocycles. The van der Waals surface area contributed by atoms with E-state index in [1.807, 2.05) is 12.3 Å². The molecule has 0 aliphatic carbocycles. The van der Waals surface area contributed by atoms with Crippen LogP contribution in [0.25, 0.3) is 0 Å². The van der Waals surface area contributed by atoms with E-state index in [-0.39, 0.29) is 5.56 Å². The van der Waals surface area contributed by atoms with Gasteiger partial charge >= 0.3 is 17.5 Å². The van der Waals surface area contributed by atoms with E-state index in [1.54, 1.807) is 24.3 Å². The molecule has 10 heteroatoms. The normalized spacial score (nSPS) is 10.5. The minimum absolute atomic E-state index is 0.257. The summed E-state index contributed by atoms with van der Waals surface area (Å²) < 4.78 is 5.42. The smallest absolute Gasteiger partial charge is 0.329 e. The number of carbonyl (C=O) groups is 2. The fraction of sp³-hybridized carbons (Fsp3) is 0.167. The van der Waals surface area contributed by atoms with Crippen molar-refractivity contribution < 1.29 is 24.4 Å². The number of ether oxygens (including phenoxy) is 1. The minimum Gasteiger partial charge on any atom is -0.502 e. The van der Waals surface area contributed by atoms with Gasteiger partial charge in [0.05, 0.1) is 17.7 Å².